The first kappa shape index (κ1) is 11.5. The van der Waals surface area contributed by atoms with Gasteiger partial charge in [0.15, 0.2) is 0 Å². The van der Waals surface area contributed by atoms with Gasteiger partial charge in [-0.1, -0.05) is 25.4 Å². The highest BCUT2D eigenvalue weighted by Crippen LogP contribution is 2.31. The second-order valence-corrected chi connectivity index (χ2v) is 4.13. The highest BCUT2D eigenvalue weighted by atomic mass is 35.5. The molecular weight excluding hydrogens is 219 g/mol. The Morgan fingerprint density at radius 3 is 2.50 bits per heavy atom. The highest BCUT2D eigenvalue weighted by Gasteiger charge is 2.05. The summed E-state index contributed by atoms with van der Waals surface area (Å²) in [5.74, 6) is -0.269. The van der Waals surface area contributed by atoms with Crippen molar-refractivity contribution in [2.24, 2.45) is 0 Å². The molecule has 14 heavy (non-hydrogen) atoms. The van der Waals surface area contributed by atoms with Crippen LogP contribution in [0, 0.1) is 12.7 Å². The lowest BCUT2D eigenvalue weighted by Gasteiger charge is -1.95. The number of aryl methyl sites for hydroxylation is 1. The van der Waals surface area contributed by atoms with Gasteiger partial charge in [0.2, 0.25) is 0 Å². The third kappa shape index (κ3) is 2.07. The van der Waals surface area contributed by atoms with Gasteiger partial charge in [0, 0.05) is 15.6 Å². The molecule has 0 saturated heterocycles. The van der Waals surface area contributed by atoms with Crippen LogP contribution in [-0.4, -0.2) is 0 Å². The first-order chi connectivity index (χ1) is 6.68. The van der Waals surface area contributed by atoms with E-state index in [0.29, 0.717) is 5.02 Å². The Morgan fingerprint density at radius 1 is 1.21 bits per heavy atom. The lowest BCUT2D eigenvalue weighted by Crippen LogP contribution is -1.75. The van der Waals surface area contributed by atoms with Crippen LogP contribution in [0.2, 0.25) is 5.02 Å². The molecule has 76 valence electrons. The first-order valence-corrected chi connectivity index (χ1v) is 5.77. The molecule has 2 rings (SSSR count). The van der Waals surface area contributed by atoms with Crippen molar-refractivity contribution in [3.8, 4) is 0 Å². The monoisotopic (exact) mass is 230 g/mol. The summed E-state index contributed by atoms with van der Waals surface area (Å²) in [7, 11) is 0. The molecule has 0 aliphatic carbocycles. The Bertz CT molecular complexity index is 434. The molecule has 0 N–H and O–H groups in total. The van der Waals surface area contributed by atoms with Crippen molar-refractivity contribution in [3.63, 3.8) is 0 Å². The molecule has 0 unspecified atom stereocenters. The third-order valence-electron chi connectivity index (χ3n) is 1.83. The molecule has 1 heterocycles. The number of fused-ring (bicyclic) bond motifs is 1. The van der Waals surface area contributed by atoms with Crippen LogP contribution in [0.5, 0.6) is 0 Å². The van der Waals surface area contributed by atoms with Crippen molar-refractivity contribution in [1.82, 2.24) is 0 Å². The van der Waals surface area contributed by atoms with Gasteiger partial charge in [-0.15, -0.1) is 11.3 Å². The van der Waals surface area contributed by atoms with E-state index in [4.69, 9.17) is 11.6 Å². The van der Waals surface area contributed by atoms with Crippen LogP contribution in [0.25, 0.3) is 10.8 Å². The average molecular weight is 231 g/mol. The van der Waals surface area contributed by atoms with Crippen molar-refractivity contribution in [1.29, 1.82) is 0 Å². The minimum Gasteiger partial charge on any atom is -0.207 e. The van der Waals surface area contributed by atoms with Gasteiger partial charge in [-0.05, 0) is 24.4 Å². The van der Waals surface area contributed by atoms with Crippen molar-refractivity contribution in [2.45, 2.75) is 20.8 Å². The number of benzene rings is 1. The van der Waals surface area contributed by atoms with Crippen molar-refractivity contribution < 1.29 is 4.39 Å². The number of rotatable bonds is 0. The summed E-state index contributed by atoms with van der Waals surface area (Å²) >= 11 is 7.43. The maximum atomic E-state index is 12.9. The minimum absolute atomic E-state index is 0.269. The van der Waals surface area contributed by atoms with Gasteiger partial charge in [0.25, 0.3) is 0 Å². The van der Waals surface area contributed by atoms with Gasteiger partial charge >= 0.3 is 0 Å². The van der Waals surface area contributed by atoms with Crippen LogP contribution in [-0.2, 0) is 0 Å². The molecule has 0 bridgehead atoms. The summed E-state index contributed by atoms with van der Waals surface area (Å²) in [6, 6.07) is 2.86. The molecule has 3 heteroatoms. The van der Waals surface area contributed by atoms with E-state index < -0.39 is 0 Å². The Kier molecular flexibility index (Phi) is 3.90. The molecule has 0 aliphatic heterocycles. The molecule has 0 fully saturated rings. The van der Waals surface area contributed by atoms with E-state index >= 15 is 0 Å². The van der Waals surface area contributed by atoms with Crippen molar-refractivity contribution in [2.75, 3.05) is 0 Å². The summed E-state index contributed by atoms with van der Waals surface area (Å²) in [6.45, 7) is 5.96. The molecular formula is C11H12ClFS. The normalized spacial score (nSPS) is 9.79. The highest BCUT2D eigenvalue weighted by molar-refractivity contribution is 7.11. The van der Waals surface area contributed by atoms with E-state index in [1.807, 2.05) is 26.2 Å². The maximum Gasteiger partial charge on any atom is 0.125 e. The fourth-order valence-corrected chi connectivity index (χ4v) is 2.38. The van der Waals surface area contributed by atoms with Gasteiger partial charge in [0.05, 0.1) is 5.02 Å². The number of hydrogen-bond acceptors (Lipinski definition) is 1. The molecule has 1 aromatic carbocycles. The third-order valence-corrected chi connectivity index (χ3v) is 3.07. The summed E-state index contributed by atoms with van der Waals surface area (Å²) in [4.78, 5) is 1.10. The van der Waals surface area contributed by atoms with E-state index in [2.05, 4.69) is 0 Å². The largest absolute Gasteiger partial charge is 0.207 e. The first-order valence-electron chi connectivity index (χ1n) is 4.51. The summed E-state index contributed by atoms with van der Waals surface area (Å²) in [6.07, 6.45) is 0. The summed E-state index contributed by atoms with van der Waals surface area (Å²) < 4.78 is 12.9. The zero-order valence-electron chi connectivity index (χ0n) is 8.40. The average Bonchev–Trinajstić information content (AvgIpc) is 2.52. The Labute approximate surface area is 92.3 Å². The zero-order valence-corrected chi connectivity index (χ0v) is 9.97. The molecule has 0 aliphatic rings. The fourth-order valence-electron chi connectivity index (χ4n) is 1.21. The Morgan fingerprint density at radius 2 is 1.86 bits per heavy atom. The zero-order chi connectivity index (χ0) is 10.7. The van der Waals surface area contributed by atoms with Crippen LogP contribution in [0.3, 0.4) is 0 Å². The van der Waals surface area contributed by atoms with Crippen LogP contribution in [0.1, 0.15) is 18.7 Å². The van der Waals surface area contributed by atoms with Gasteiger partial charge in [-0.25, -0.2) is 4.39 Å². The van der Waals surface area contributed by atoms with Crippen LogP contribution in [0.15, 0.2) is 17.5 Å². The van der Waals surface area contributed by atoms with Crippen molar-refractivity contribution in [3.05, 3.63) is 33.2 Å². The topological polar surface area (TPSA) is 0 Å². The predicted octanol–water partition coefficient (Wildman–Crippen LogP) is 5.03. The fraction of sp³-hybridized carbons (Fsp3) is 0.273. The van der Waals surface area contributed by atoms with E-state index in [1.165, 1.54) is 12.1 Å². The molecule has 2 aromatic rings. The Balaban J connectivity index is 0.000000461. The predicted molar refractivity (Wildman–Crippen MR) is 62.9 cm³/mol. The van der Waals surface area contributed by atoms with Crippen molar-refractivity contribution >= 4 is 33.7 Å². The van der Waals surface area contributed by atoms with Gasteiger partial charge in [0.1, 0.15) is 5.82 Å². The molecule has 0 nitrogen and oxygen atoms in total. The number of hydrogen-bond donors (Lipinski definition) is 0. The molecule has 0 radical (unpaired) electrons. The minimum atomic E-state index is -0.269. The number of halogens is 2. The van der Waals surface area contributed by atoms with Gasteiger partial charge < -0.3 is 0 Å². The van der Waals surface area contributed by atoms with E-state index in [0.717, 1.165) is 15.6 Å². The van der Waals surface area contributed by atoms with E-state index in [9.17, 15) is 4.39 Å². The lowest BCUT2D eigenvalue weighted by atomic mass is 10.2. The van der Waals surface area contributed by atoms with Gasteiger partial charge in [-0.2, -0.15) is 0 Å². The molecule has 0 spiro atoms. The van der Waals surface area contributed by atoms with Crippen LogP contribution < -0.4 is 0 Å². The summed E-state index contributed by atoms with van der Waals surface area (Å²) in [5.41, 5.74) is 0. The van der Waals surface area contributed by atoms with E-state index in [1.54, 1.807) is 11.3 Å². The second kappa shape index (κ2) is 4.76. The molecule has 0 atom stereocenters. The number of thiophene rings is 1. The molecule has 0 amide bonds. The Hall–Kier alpha value is -0.600. The SMILES string of the molecule is CC.Cc1scc2c(Cl)cc(F)cc12. The summed E-state index contributed by atoms with van der Waals surface area (Å²) in [5, 5.41) is 4.31. The standard InChI is InChI=1S/C9H6ClFS.C2H6/c1-5-7-2-6(11)3-9(10)8(7)4-12-5;1-2/h2-4H,1H3;1-2H3. The van der Waals surface area contributed by atoms with E-state index in [-0.39, 0.29) is 5.82 Å². The quantitative estimate of drug-likeness (QED) is 0.596. The van der Waals surface area contributed by atoms with Crippen LogP contribution >= 0.6 is 22.9 Å². The molecule has 0 saturated carbocycles. The van der Waals surface area contributed by atoms with Gasteiger partial charge in [-0.3, -0.25) is 0 Å². The maximum absolute atomic E-state index is 12.9. The van der Waals surface area contributed by atoms with Crippen LogP contribution in [0.4, 0.5) is 4.39 Å². The molecule has 1 aromatic heterocycles. The second-order valence-electron chi connectivity index (χ2n) is 2.64. The lowest BCUT2D eigenvalue weighted by molar-refractivity contribution is 0.630. The smallest absolute Gasteiger partial charge is 0.125 e.